The summed E-state index contributed by atoms with van der Waals surface area (Å²) in [7, 11) is 0. The molecule has 4 nitrogen and oxygen atoms in total. The van der Waals surface area contributed by atoms with E-state index in [2.05, 4.69) is 255 Å². The zero-order valence-corrected chi connectivity index (χ0v) is 45.5. The third-order valence-electron chi connectivity index (χ3n) is 18.7. The van der Waals surface area contributed by atoms with Crippen LogP contribution in [0.15, 0.2) is 291 Å². The third kappa shape index (κ3) is 6.37. The molecule has 4 aliphatic carbocycles. The minimum atomic E-state index is -0.513. The van der Waals surface area contributed by atoms with Gasteiger partial charge >= 0.3 is 0 Å². The van der Waals surface area contributed by atoms with Crippen molar-refractivity contribution >= 4 is 11.0 Å². The van der Waals surface area contributed by atoms with Crippen LogP contribution in [0.3, 0.4) is 0 Å². The minimum absolute atomic E-state index is 0.513. The molecule has 2 spiro atoms. The maximum Gasteiger partial charge on any atom is 0.0979 e. The molecule has 84 heavy (non-hydrogen) atoms. The average molecular weight is 1070 g/mol. The maximum atomic E-state index is 6.01. The summed E-state index contributed by atoms with van der Waals surface area (Å²) in [5, 5.41) is 0. The van der Waals surface area contributed by atoms with Gasteiger partial charge < -0.3 is 0 Å². The second-order valence-corrected chi connectivity index (χ2v) is 22.7. The highest BCUT2D eigenvalue weighted by Crippen LogP contribution is 2.65. The van der Waals surface area contributed by atoms with Gasteiger partial charge in [-0.15, -0.1) is 0 Å². The summed E-state index contributed by atoms with van der Waals surface area (Å²) in [5.74, 6) is 0. The molecule has 4 aliphatic rings. The van der Waals surface area contributed by atoms with E-state index >= 15 is 0 Å². The van der Waals surface area contributed by atoms with E-state index in [1.165, 1.54) is 89.0 Å². The van der Waals surface area contributed by atoms with Crippen LogP contribution in [0.1, 0.15) is 44.5 Å². The Morgan fingerprint density at radius 3 is 0.774 bits per heavy atom. The zero-order valence-electron chi connectivity index (χ0n) is 45.5. The fourth-order valence-corrected chi connectivity index (χ4v) is 15.2. The first-order chi connectivity index (χ1) is 41.7. The van der Waals surface area contributed by atoms with Crippen molar-refractivity contribution < 1.29 is 0 Å². The van der Waals surface area contributed by atoms with Gasteiger partial charge in [0.2, 0.25) is 0 Å². The Balaban J connectivity index is 0.909. The lowest BCUT2D eigenvalue weighted by molar-refractivity contribution is 0.794. The highest BCUT2D eigenvalue weighted by molar-refractivity contribution is 6.06. The van der Waals surface area contributed by atoms with E-state index in [0.717, 1.165) is 78.3 Å². The van der Waals surface area contributed by atoms with Crippen molar-refractivity contribution in [1.29, 1.82) is 0 Å². The fourth-order valence-electron chi connectivity index (χ4n) is 15.2. The monoisotopic (exact) mass is 1060 g/mol. The summed E-state index contributed by atoms with van der Waals surface area (Å²) < 4.78 is 0. The maximum absolute atomic E-state index is 6.01. The van der Waals surface area contributed by atoms with E-state index in [9.17, 15) is 0 Å². The number of rotatable bonds is 6. The van der Waals surface area contributed by atoms with E-state index in [4.69, 9.17) is 19.9 Å². The molecule has 0 bridgehead atoms. The number of nitrogens with zero attached hydrogens (tertiary/aromatic N) is 4. The smallest absolute Gasteiger partial charge is 0.0979 e. The van der Waals surface area contributed by atoms with Gasteiger partial charge in [0, 0.05) is 45.8 Å². The SMILES string of the molecule is c1ccc(-c2ccc(-c3nc4c(-c5ccc6c(c5)C5(c7ccccc7-c7ccccc75)c5ccccc5-6)ccc(-c5ccc6c(c5)C5(c7ccccc7-c7ccccc75)c5ccccc5-6)c4nc3-c3ccc(-c4ccccn4)cc3)cc2)nc1. The molecule has 0 saturated carbocycles. The summed E-state index contributed by atoms with van der Waals surface area (Å²) in [6.45, 7) is 0. The number of hydrogen-bond acceptors (Lipinski definition) is 4. The molecule has 3 heterocycles. The summed E-state index contributed by atoms with van der Waals surface area (Å²) in [4.78, 5) is 21.4. The standard InChI is InChI=1S/C80H48N4/c1-7-23-65-57(17-1)58-18-2-8-24-66(58)79(65)69-27-11-5-21-61(69)63-41-39-53(47-71(63)79)55-43-44-56(54-40-42-64-62-22-6-12-28-70(62)80(72(64)48-54)67-25-9-3-19-59(67)60-20-4-10-26-68(60)80)78-77(55)83-75(51-35-31-49(32-36-51)73-29-13-15-45-81-73)76(84-78)52-37-33-50(34-38-52)74-30-14-16-46-82-74/h1-48H. The first-order valence-electron chi connectivity index (χ1n) is 28.9. The molecule has 18 rings (SSSR count). The second-order valence-electron chi connectivity index (χ2n) is 22.7. The van der Waals surface area contributed by atoms with Crippen molar-refractivity contribution in [3.8, 4) is 112 Å². The Morgan fingerprint density at radius 1 is 0.202 bits per heavy atom. The van der Waals surface area contributed by atoms with Crippen molar-refractivity contribution in [3.05, 3.63) is 336 Å². The highest BCUT2D eigenvalue weighted by atomic mass is 14.8. The first-order valence-corrected chi connectivity index (χ1v) is 28.9. The molecule has 0 fully saturated rings. The molecule has 4 heteroatoms. The van der Waals surface area contributed by atoms with Crippen LogP contribution in [0.2, 0.25) is 0 Å². The Labute approximate surface area is 486 Å². The van der Waals surface area contributed by atoms with Gasteiger partial charge in [-0.3, -0.25) is 9.97 Å². The van der Waals surface area contributed by atoms with Crippen molar-refractivity contribution in [2.24, 2.45) is 0 Å². The summed E-state index contributed by atoms with van der Waals surface area (Å²) >= 11 is 0. The van der Waals surface area contributed by atoms with Gasteiger partial charge in [0.25, 0.3) is 0 Å². The largest absolute Gasteiger partial charge is 0.256 e. The van der Waals surface area contributed by atoms with E-state index in [-0.39, 0.29) is 0 Å². The van der Waals surface area contributed by atoms with Gasteiger partial charge in [-0.25, -0.2) is 9.97 Å². The lowest BCUT2D eigenvalue weighted by Crippen LogP contribution is -2.25. The Kier molecular flexibility index (Phi) is 9.90. The van der Waals surface area contributed by atoms with Gasteiger partial charge in [-0.1, -0.05) is 243 Å². The molecule has 388 valence electrons. The number of fused-ring (bicyclic) bond motifs is 21. The normalized spacial score (nSPS) is 13.7. The zero-order chi connectivity index (χ0) is 55.1. The van der Waals surface area contributed by atoms with Crippen LogP contribution in [-0.2, 0) is 10.8 Å². The van der Waals surface area contributed by atoms with Crippen molar-refractivity contribution in [1.82, 2.24) is 19.9 Å². The molecule has 0 saturated heterocycles. The molecule has 11 aromatic carbocycles. The lowest BCUT2D eigenvalue weighted by Gasteiger charge is -2.31. The predicted octanol–water partition coefficient (Wildman–Crippen LogP) is 19.1. The molecule has 0 radical (unpaired) electrons. The quantitative estimate of drug-likeness (QED) is 0.167. The van der Waals surface area contributed by atoms with Crippen LogP contribution < -0.4 is 0 Å². The number of hydrogen-bond donors (Lipinski definition) is 0. The van der Waals surface area contributed by atoms with Crippen LogP contribution in [0.25, 0.3) is 123 Å². The molecule has 0 N–H and O–H groups in total. The van der Waals surface area contributed by atoms with Crippen molar-refractivity contribution in [2.45, 2.75) is 10.8 Å². The van der Waals surface area contributed by atoms with Crippen molar-refractivity contribution in [3.63, 3.8) is 0 Å². The predicted molar refractivity (Wildman–Crippen MR) is 340 cm³/mol. The average Bonchev–Trinajstić information content (AvgIpc) is 1.75. The molecule has 3 aromatic heterocycles. The van der Waals surface area contributed by atoms with E-state index in [0.29, 0.717) is 0 Å². The van der Waals surface area contributed by atoms with Gasteiger partial charge in [0.15, 0.2) is 0 Å². The molecule has 0 aliphatic heterocycles. The molecule has 0 amide bonds. The number of pyridine rings is 2. The molecular weight excluding hydrogens is 1020 g/mol. The molecular formula is C80H48N4. The Bertz CT molecular complexity index is 4620. The van der Waals surface area contributed by atoms with Crippen LogP contribution in [0.4, 0.5) is 0 Å². The van der Waals surface area contributed by atoms with Crippen LogP contribution in [-0.4, -0.2) is 19.9 Å². The molecule has 0 atom stereocenters. The van der Waals surface area contributed by atoms with Gasteiger partial charge in [-0.2, -0.15) is 0 Å². The molecule has 14 aromatic rings. The summed E-state index contributed by atoms with van der Waals surface area (Å²) in [6, 6.07) is 103. The summed E-state index contributed by atoms with van der Waals surface area (Å²) in [5.41, 5.74) is 32.8. The minimum Gasteiger partial charge on any atom is -0.256 e. The first kappa shape index (κ1) is 46.8. The second kappa shape index (κ2) is 17.8. The van der Waals surface area contributed by atoms with Gasteiger partial charge in [0.05, 0.1) is 44.6 Å². The topological polar surface area (TPSA) is 51.6 Å². The number of benzene rings is 11. The Morgan fingerprint density at radius 2 is 0.464 bits per heavy atom. The number of aromatic nitrogens is 4. The van der Waals surface area contributed by atoms with E-state index in [1.807, 2.05) is 36.7 Å². The van der Waals surface area contributed by atoms with Gasteiger partial charge in [-0.05, 0) is 137 Å². The summed E-state index contributed by atoms with van der Waals surface area (Å²) in [6.07, 6.45) is 3.69. The van der Waals surface area contributed by atoms with E-state index in [1.54, 1.807) is 0 Å². The van der Waals surface area contributed by atoms with Crippen LogP contribution >= 0.6 is 0 Å². The van der Waals surface area contributed by atoms with Crippen LogP contribution in [0.5, 0.6) is 0 Å². The molecule has 0 unspecified atom stereocenters. The van der Waals surface area contributed by atoms with Gasteiger partial charge in [0.1, 0.15) is 0 Å². The van der Waals surface area contributed by atoms with Crippen molar-refractivity contribution in [2.75, 3.05) is 0 Å². The van der Waals surface area contributed by atoms with E-state index < -0.39 is 10.8 Å². The Hall–Kier alpha value is -10.9. The lowest BCUT2D eigenvalue weighted by atomic mass is 9.70. The highest BCUT2D eigenvalue weighted by Gasteiger charge is 2.53. The fraction of sp³-hybridized carbons (Fsp3) is 0.0250. The van der Waals surface area contributed by atoms with Crippen LogP contribution in [0, 0.1) is 0 Å². The third-order valence-corrected chi connectivity index (χ3v) is 18.7.